The van der Waals surface area contributed by atoms with Crippen LogP contribution in [0, 0.1) is 0 Å². The number of hydrogen-bond acceptors (Lipinski definition) is 3. The van der Waals surface area contributed by atoms with Gasteiger partial charge in [0.1, 0.15) is 5.54 Å². The van der Waals surface area contributed by atoms with Crippen LogP contribution in [0.4, 0.5) is 4.79 Å². The van der Waals surface area contributed by atoms with E-state index in [0.717, 1.165) is 0 Å². The highest BCUT2D eigenvalue weighted by Crippen LogP contribution is 2.39. The SMILES string of the molecule is CC1C(C)N2C(=O)NC(=O)C2(C)C(C)N1P. The van der Waals surface area contributed by atoms with E-state index in [9.17, 15) is 9.59 Å². The molecule has 0 aromatic rings. The second kappa shape index (κ2) is 3.41. The van der Waals surface area contributed by atoms with Gasteiger partial charge in [0, 0.05) is 18.1 Å². The summed E-state index contributed by atoms with van der Waals surface area (Å²) in [6.45, 7) is 7.84. The Kier molecular flexibility index (Phi) is 2.52. The van der Waals surface area contributed by atoms with E-state index in [-0.39, 0.29) is 30.1 Å². The van der Waals surface area contributed by atoms with Gasteiger partial charge in [0.2, 0.25) is 0 Å². The summed E-state index contributed by atoms with van der Waals surface area (Å²) in [5, 5.41) is 2.41. The van der Waals surface area contributed by atoms with E-state index < -0.39 is 5.54 Å². The number of carbonyl (C=O) groups excluding carboxylic acids is 2. The molecular weight excluding hydrogens is 225 g/mol. The quantitative estimate of drug-likeness (QED) is 0.500. The van der Waals surface area contributed by atoms with Crippen LogP contribution >= 0.6 is 9.39 Å². The second-order valence-corrected chi connectivity index (χ2v) is 5.48. The van der Waals surface area contributed by atoms with Crippen molar-refractivity contribution in [3.8, 4) is 0 Å². The first kappa shape index (κ1) is 11.8. The topological polar surface area (TPSA) is 52.7 Å². The number of hydrogen-bond donors (Lipinski definition) is 1. The molecule has 0 saturated carbocycles. The molecule has 2 heterocycles. The van der Waals surface area contributed by atoms with E-state index in [2.05, 4.69) is 26.3 Å². The molecule has 0 bridgehead atoms. The highest BCUT2D eigenvalue weighted by atomic mass is 31.0. The van der Waals surface area contributed by atoms with Gasteiger partial charge < -0.3 is 4.90 Å². The Labute approximate surface area is 97.8 Å². The number of amides is 3. The first-order chi connectivity index (χ1) is 7.31. The minimum Gasteiger partial charge on any atom is -0.304 e. The van der Waals surface area contributed by atoms with Gasteiger partial charge in [0.05, 0.1) is 0 Å². The van der Waals surface area contributed by atoms with E-state index in [0.29, 0.717) is 0 Å². The second-order valence-electron chi connectivity index (χ2n) is 4.88. The van der Waals surface area contributed by atoms with Crippen molar-refractivity contribution in [2.24, 2.45) is 0 Å². The number of piperazine rings is 1. The third-order valence-electron chi connectivity index (χ3n) is 4.24. The number of nitrogens with zero attached hydrogens (tertiary/aromatic N) is 2. The van der Waals surface area contributed by atoms with Crippen LogP contribution < -0.4 is 5.32 Å². The number of carbonyl (C=O) groups is 2. The molecule has 1 N–H and O–H groups in total. The monoisotopic (exact) mass is 243 g/mol. The third-order valence-corrected chi connectivity index (χ3v) is 5.15. The predicted octanol–water partition coefficient (Wildman–Crippen LogP) is 0.568. The maximum atomic E-state index is 11.9. The van der Waals surface area contributed by atoms with E-state index >= 15 is 0 Å². The summed E-state index contributed by atoms with van der Waals surface area (Å²) in [6, 6.07) is -0.0539. The summed E-state index contributed by atoms with van der Waals surface area (Å²) >= 11 is 0. The Morgan fingerprint density at radius 1 is 1.25 bits per heavy atom. The summed E-state index contributed by atoms with van der Waals surface area (Å²) < 4.78 is 2.08. The highest BCUT2D eigenvalue weighted by molar-refractivity contribution is 7.13. The van der Waals surface area contributed by atoms with Crippen LogP contribution in [0.2, 0.25) is 0 Å². The number of imide groups is 1. The molecule has 90 valence electrons. The van der Waals surface area contributed by atoms with E-state index in [1.165, 1.54) is 0 Å². The zero-order valence-electron chi connectivity index (χ0n) is 10.0. The summed E-state index contributed by atoms with van der Waals surface area (Å²) in [7, 11) is 2.67. The Morgan fingerprint density at radius 3 is 2.38 bits per heavy atom. The van der Waals surface area contributed by atoms with Gasteiger partial charge in [0.25, 0.3) is 5.91 Å². The Morgan fingerprint density at radius 2 is 1.81 bits per heavy atom. The summed E-state index contributed by atoms with van der Waals surface area (Å²) in [4.78, 5) is 25.4. The van der Waals surface area contributed by atoms with Gasteiger partial charge >= 0.3 is 6.03 Å². The zero-order chi connectivity index (χ0) is 12.2. The normalized spacial score (nSPS) is 44.6. The lowest BCUT2D eigenvalue weighted by molar-refractivity contribution is -0.132. The molecule has 0 aliphatic carbocycles. The molecule has 3 amide bonds. The molecule has 16 heavy (non-hydrogen) atoms. The molecule has 0 aromatic heterocycles. The highest BCUT2D eigenvalue weighted by Gasteiger charge is 2.59. The minimum atomic E-state index is -0.759. The first-order valence-electron chi connectivity index (χ1n) is 5.49. The lowest BCUT2D eigenvalue weighted by atomic mass is 9.85. The van der Waals surface area contributed by atoms with E-state index in [1.54, 1.807) is 4.90 Å². The van der Waals surface area contributed by atoms with Crippen LogP contribution in [0.1, 0.15) is 27.7 Å². The molecule has 0 spiro atoms. The van der Waals surface area contributed by atoms with E-state index in [4.69, 9.17) is 0 Å². The molecule has 2 aliphatic rings. The summed E-state index contributed by atoms with van der Waals surface area (Å²) in [6.07, 6.45) is 0. The Hall–Kier alpha value is -0.670. The van der Waals surface area contributed by atoms with Gasteiger partial charge in [-0.25, -0.2) is 4.79 Å². The Balaban J connectivity index is 2.49. The number of rotatable bonds is 0. The smallest absolute Gasteiger partial charge is 0.304 e. The van der Waals surface area contributed by atoms with Gasteiger partial charge in [-0.3, -0.25) is 14.8 Å². The van der Waals surface area contributed by atoms with Crippen molar-refractivity contribution in [2.75, 3.05) is 0 Å². The van der Waals surface area contributed by atoms with Crippen LogP contribution in [0.25, 0.3) is 0 Å². The van der Waals surface area contributed by atoms with Crippen molar-refractivity contribution >= 4 is 21.3 Å². The molecule has 0 aromatic carbocycles. The van der Waals surface area contributed by atoms with Crippen molar-refractivity contribution in [3.05, 3.63) is 0 Å². The standard InChI is InChI=1S/C10H18N3O2P/c1-5-6(2)13(16)7(3)10(4)8(14)11-9(15)12(5)10/h5-7H,16H2,1-4H3,(H,11,14,15). The van der Waals surface area contributed by atoms with Crippen LogP contribution in [-0.2, 0) is 4.79 Å². The lowest BCUT2D eigenvalue weighted by Crippen LogP contribution is -2.69. The molecule has 2 rings (SSSR count). The van der Waals surface area contributed by atoms with Crippen molar-refractivity contribution in [1.82, 2.24) is 14.9 Å². The van der Waals surface area contributed by atoms with Crippen molar-refractivity contribution in [2.45, 2.75) is 51.4 Å². The van der Waals surface area contributed by atoms with Crippen molar-refractivity contribution in [1.29, 1.82) is 0 Å². The van der Waals surface area contributed by atoms with Gasteiger partial charge in [-0.15, -0.1) is 0 Å². The average molecular weight is 243 g/mol. The number of urea groups is 1. The molecule has 2 aliphatic heterocycles. The molecule has 2 fully saturated rings. The number of fused-ring (bicyclic) bond motifs is 1. The van der Waals surface area contributed by atoms with Crippen LogP contribution in [-0.4, -0.2) is 45.2 Å². The predicted molar refractivity (Wildman–Crippen MR) is 63.7 cm³/mol. The first-order valence-corrected chi connectivity index (χ1v) is 6.01. The lowest BCUT2D eigenvalue weighted by Gasteiger charge is -2.53. The third kappa shape index (κ3) is 1.19. The van der Waals surface area contributed by atoms with Gasteiger partial charge in [-0.05, 0) is 27.7 Å². The minimum absolute atomic E-state index is 0.0184. The van der Waals surface area contributed by atoms with Crippen LogP contribution in [0.3, 0.4) is 0 Å². The molecule has 5 atom stereocenters. The van der Waals surface area contributed by atoms with Gasteiger partial charge in [-0.1, -0.05) is 9.39 Å². The maximum Gasteiger partial charge on any atom is 0.325 e. The fourth-order valence-electron chi connectivity index (χ4n) is 2.71. The molecule has 5 nitrogen and oxygen atoms in total. The largest absolute Gasteiger partial charge is 0.325 e. The number of nitrogens with one attached hydrogen (secondary N) is 1. The van der Waals surface area contributed by atoms with Crippen molar-refractivity contribution < 1.29 is 9.59 Å². The van der Waals surface area contributed by atoms with Crippen LogP contribution in [0.5, 0.6) is 0 Å². The van der Waals surface area contributed by atoms with E-state index in [1.807, 2.05) is 20.8 Å². The fourth-order valence-corrected chi connectivity index (χ4v) is 3.25. The zero-order valence-corrected chi connectivity index (χ0v) is 11.2. The van der Waals surface area contributed by atoms with Crippen LogP contribution in [0.15, 0.2) is 0 Å². The van der Waals surface area contributed by atoms with Gasteiger partial charge in [-0.2, -0.15) is 0 Å². The molecule has 5 unspecified atom stereocenters. The summed E-state index contributed by atoms with van der Waals surface area (Å²) in [5.41, 5.74) is -0.759. The maximum absolute atomic E-state index is 11.9. The Bertz CT molecular complexity index is 362. The molecule has 0 radical (unpaired) electrons. The fraction of sp³-hybridized carbons (Fsp3) is 0.800. The van der Waals surface area contributed by atoms with Crippen molar-refractivity contribution in [3.63, 3.8) is 0 Å². The molecule has 2 saturated heterocycles. The van der Waals surface area contributed by atoms with Gasteiger partial charge in [0.15, 0.2) is 0 Å². The molecular formula is C10H18N3O2P. The average Bonchev–Trinajstić information content (AvgIpc) is 2.45. The molecule has 6 heteroatoms. The summed E-state index contributed by atoms with van der Waals surface area (Å²) in [5.74, 6) is -0.198.